The number of rotatable bonds is 6. The van der Waals surface area contributed by atoms with Crippen molar-refractivity contribution in [2.24, 2.45) is 5.73 Å². The summed E-state index contributed by atoms with van der Waals surface area (Å²) in [5.74, 6) is 0.289. The molecule has 0 unspecified atom stereocenters. The van der Waals surface area contributed by atoms with Crippen LogP contribution < -0.4 is 15.8 Å². The topological polar surface area (TPSA) is 94.6 Å². The van der Waals surface area contributed by atoms with Gasteiger partial charge in [0.25, 0.3) is 5.91 Å². The van der Waals surface area contributed by atoms with Gasteiger partial charge in [-0.2, -0.15) is 0 Å². The Morgan fingerprint density at radius 3 is 2.65 bits per heavy atom. The largest absolute Gasteiger partial charge is 0.485 e. The maximum absolute atomic E-state index is 11.9. The SMILES string of the molecule is Cc1ccc(OCc2ccc(C(=O)N[C@@H](C)C(N)=O)o2)c(C)c1. The fraction of sp³-hybridized carbons (Fsp3) is 0.294. The summed E-state index contributed by atoms with van der Waals surface area (Å²) in [6, 6.07) is 8.32. The third kappa shape index (κ3) is 4.35. The third-order valence-electron chi connectivity index (χ3n) is 3.36. The summed E-state index contributed by atoms with van der Waals surface area (Å²) < 4.78 is 11.1. The Labute approximate surface area is 134 Å². The number of nitrogens with two attached hydrogens (primary N) is 1. The molecule has 1 heterocycles. The van der Waals surface area contributed by atoms with Crippen LogP contribution >= 0.6 is 0 Å². The number of nitrogens with one attached hydrogen (secondary N) is 1. The van der Waals surface area contributed by atoms with Gasteiger partial charge in [0.15, 0.2) is 5.76 Å². The molecule has 6 nitrogen and oxygen atoms in total. The molecule has 6 heteroatoms. The lowest BCUT2D eigenvalue weighted by Crippen LogP contribution is -2.42. The first-order chi connectivity index (χ1) is 10.9. The summed E-state index contributed by atoms with van der Waals surface area (Å²) >= 11 is 0. The Kier molecular flexibility index (Phi) is 5.05. The quantitative estimate of drug-likeness (QED) is 0.853. The Balaban J connectivity index is 1.97. The zero-order valence-corrected chi connectivity index (χ0v) is 13.4. The van der Waals surface area contributed by atoms with Gasteiger partial charge in [0.1, 0.15) is 24.2 Å². The fourth-order valence-corrected chi connectivity index (χ4v) is 2.03. The summed E-state index contributed by atoms with van der Waals surface area (Å²) in [4.78, 5) is 22.8. The number of benzene rings is 1. The van der Waals surface area contributed by atoms with E-state index in [9.17, 15) is 9.59 Å². The summed E-state index contributed by atoms with van der Waals surface area (Å²) in [5, 5.41) is 2.45. The van der Waals surface area contributed by atoms with Crippen LogP contribution in [-0.4, -0.2) is 17.9 Å². The van der Waals surface area contributed by atoms with Crippen molar-refractivity contribution in [2.45, 2.75) is 33.4 Å². The molecule has 2 amide bonds. The van der Waals surface area contributed by atoms with E-state index in [1.165, 1.54) is 13.0 Å². The molecule has 23 heavy (non-hydrogen) atoms. The third-order valence-corrected chi connectivity index (χ3v) is 3.36. The number of carbonyl (C=O) groups excluding carboxylic acids is 2. The van der Waals surface area contributed by atoms with Crippen LogP contribution in [0.15, 0.2) is 34.7 Å². The van der Waals surface area contributed by atoms with Gasteiger partial charge in [0.2, 0.25) is 5.91 Å². The lowest BCUT2D eigenvalue weighted by Gasteiger charge is -2.09. The molecule has 0 aliphatic heterocycles. The number of aryl methyl sites for hydroxylation is 2. The van der Waals surface area contributed by atoms with Crippen molar-refractivity contribution in [2.75, 3.05) is 0 Å². The van der Waals surface area contributed by atoms with Crippen molar-refractivity contribution in [3.63, 3.8) is 0 Å². The van der Waals surface area contributed by atoms with Crippen LogP contribution in [0.1, 0.15) is 34.4 Å². The molecule has 0 bridgehead atoms. The number of primary amides is 1. The van der Waals surface area contributed by atoms with Crippen LogP contribution in [0.5, 0.6) is 5.75 Å². The molecule has 1 aromatic heterocycles. The van der Waals surface area contributed by atoms with Crippen LogP contribution in [0.3, 0.4) is 0 Å². The molecular weight excluding hydrogens is 296 g/mol. The van der Waals surface area contributed by atoms with E-state index in [1.807, 2.05) is 32.0 Å². The van der Waals surface area contributed by atoms with Crippen LogP contribution in [0.25, 0.3) is 0 Å². The molecule has 0 radical (unpaired) electrons. The van der Waals surface area contributed by atoms with Gasteiger partial charge in [-0.05, 0) is 44.5 Å². The highest BCUT2D eigenvalue weighted by Crippen LogP contribution is 2.20. The number of carbonyl (C=O) groups is 2. The average Bonchev–Trinajstić information content (AvgIpc) is 2.95. The average molecular weight is 316 g/mol. The molecule has 0 saturated heterocycles. The van der Waals surface area contributed by atoms with Crippen molar-refractivity contribution in [3.8, 4) is 5.75 Å². The van der Waals surface area contributed by atoms with Crippen LogP contribution in [0.4, 0.5) is 0 Å². The highest BCUT2D eigenvalue weighted by molar-refractivity contribution is 5.95. The molecule has 0 fully saturated rings. The lowest BCUT2D eigenvalue weighted by atomic mass is 10.1. The first-order valence-corrected chi connectivity index (χ1v) is 7.25. The monoisotopic (exact) mass is 316 g/mol. The Morgan fingerprint density at radius 2 is 2.00 bits per heavy atom. The molecule has 1 atom stereocenters. The Morgan fingerprint density at radius 1 is 1.26 bits per heavy atom. The molecule has 0 spiro atoms. The second kappa shape index (κ2) is 7.00. The van der Waals surface area contributed by atoms with Gasteiger partial charge >= 0.3 is 0 Å². The minimum Gasteiger partial charge on any atom is -0.485 e. The number of furan rings is 1. The van der Waals surface area contributed by atoms with Gasteiger partial charge in [0.05, 0.1) is 0 Å². The summed E-state index contributed by atoms with van der Waals surface area (Å²) in [7, 11) is 0. The van der Waals surface area contributed by atoms with Crippen molar-refractivity contribution < 1.29 is 18.7 Å². The van der Waals surface area contributed by atoms with E-state index in [0.717, 1.165) is 16.9 Å². The standard InChI is InChI=1S/C17H20N2O4/c1-10-4-6-14(11(2)8-10)22-9-13-5-7-15(23-13)17(21)19-12(3)16(18)20/h4-8,12H,9H2,1-3H3,(H2,18,20)(H,19,21)/t12-/m0/s1. The summed E-state index contributed by atoms with van der Waals surface area (Å²) in [6.07, 6.45) is 0. The van der Waals surface area contributed by atoms with E-state index >= 15 is 0 Å². The smallest absolute Gasteiger partial charge is 0.287 e. The number of ether oxygens (including phenoxy) is 1. The van der Waals surface area contributed by atoms with E-state index in [2.05, 4.69) is 5.32 Å². The Hall–Kier alpha value is -2.76. The molecule has 0 aliphatic rings. The van der Waals surface area contributed by atoms with Gasteiger partial charge in [-0.1, -0.05) is 17.7 Å². The fourth-order valence-electron chi connectivity index (χ4n) is 2.03. The number of amides is 2. The van der Waals surface area contributed by atoms with Gasteiger partial charge in [0, 0.05) is 0 Å². The molecule has 0 aliphatic carbocycles. The summed E-state index contributed by atoms with van der Waals surface area (Å²) in [6.45, 7) is 5.70. The summed E-state index contributed by atoms with van der Waals surface area (Å²) in [5.41, 5.74) is 7.29. The highest BCUT2D eigenvalue weighted by Gasteiger charge is 2.17. The van der Waals surface area contributed by atoms with Gasteiger partial charge in [-0.15, -0.1) is 0 Å². The predicted octanol–water partition coefficient (Wildman–Crippen LogP) is 2.08. The normalized spacial score (nSPS) is 11.8. The minimum atomic E-state index is -0.762. The molecular formula is C17H20N2O4. The molecule has 0 saturated carbocycles. The molecule has 1 aromatic carbocycles. The molecule has 3 N–H and O–H groups in total. The molecule has 2 aromatic rings. The van der Waals surface area contributed by atoms with E-state index in [4.69, 9.17) is 14.9 Å². The van der Waals surface area contributed by atoms with E-state index in [0.29, 0.717) is 5.76 Å². The highest BCUT2D eigenvalue weighted by atomic mass is 16.5. The van der Waals surface area contributed by atoms with Gasteiger partial charge in [-0.25, -0.2) is 0 Å². The van der Waals surface area contributed by atoms with Crippen LogP contribution in [0, 0.1) is 13.8 Å². The first-order valence-electron chi connectivity index (χ1n) is 7.25. The van der Waals surface area contributed by atoms with Crippen molar-refractivity contribution in [1.82, 2.24) is 5.32 Å². The predicted molar refractivity (Wildman–Crippen MR) is 85.1 cm³/mol. The minimum absolute atomic E-state index is 0.109. The van der Waals surface area contributed by atoms with Crippen molar-refractivity contribution in [1.29, 1.82) is 0 Å². The van der Waals surface area contributed by atoms with Crippen molar-refractivity contribution in [3.05, 3.63) is 53.0 Å². The zero-order valence-electron chi connectivity index (χ0n) is 13.4. The Bertz CT molecular complexity index is 721. The van der Waals surface area contributed by atoms with E-state index in [-0.39, 0.29) is 12.4 Å². The molecule has 2 rings (SSSR count). The first kappa shape index (κ1) is 16.6. The van der Waals surface area contributed by atoms with E-state index < -0.39 is 17.9 Å². The second-order valence-corrected chi connectivity index (χ2v) is 5.42. The van der Waals surface area contributed by atoms with Crippen LogP contribution in [-0.2, 0) is 11.4 Å². The van der Waals surface area contributed by atoms with Gasteiger partial charge < -0.3 is 20.2 Å². The van der Waals surface area contributed by atoms with Gasteiger partial charge in [-0.3, -0.25) is 9.59 Å². The number of hydrogen-bond donors (Lipinski definition) is 2. The lowest BCUT2D eigenvalue weighted by molar-refractivity contribution is -0.119. The van der Waals surface area contributed by atoms with Crippen molar-refractivity contribution >= 4 is 11.8 Å². The van der Waals surface area contributed by atoms with Crippen LogP contribution in [0.2, 0.25) is 0 Å². The second-order valence-electron chi connectivity index (χ2n) is 5.42. The molecule has 122 valence electrons. The van der Waals surface area contributed by atoms with E-state index in [1.54, 1.807) is 6.07 Å². The maximum Gasteiger partial charge on any atom is 0.287 e. The maximum atomic E-state index is 11.9. The number of hydrogen-bond acceptors (Lipinski definition) is 4. The zero-order chi connectivity index (χ0) is 17.0.